The van der Waals surface area contributed by atoms with E-state index in [2.05, 4.69) is 17.5 Å². The van der Waals surface area contributed by atoms with Crippen LogP contribution in [-0.2, 0) is 14.4 Å². The summed E-state index contributed by atoms with van der Waals surface area (Å²) >= 11 is 0. The highest BCUT2D eigenvalue weighted by Gasteiger charge is 2.61. The number of benzene rings is 1. The molecular formula is C21H24N2O3. The average Bonchev–Trinajstić information content (AvgIpc) is 3.28. The molecule has 1 N–H and O–H groups in total. The van der Waals surface area contributed by atoms with E-state index in [0.717, 1.165) is 6.42 Å². The molecule has 136 valence electrons. The number of nitrogens with zero attached hydrogens (tertiary/aromatic N) is 1. The third-order valence-corrected chi connectivity index (χ3v) is 5.85. The van der Waals surface area contributed by atoms with E-state index in [1.54, 1.807) is 12.1 Å². The van der Waals surface area contributed by atoms with Crippen LogP contribution in [0.5, 0.6) is 0 Å². The van der Waals surface area contributed by atoms with Gasteiger partial charge in [0.15, 0.2) is 0 Å². The number of amides is 3. The molecule has 2 fully saturated rings. The first-order valence-electron chi connectivity index (χ1n) is 9.38. The minimum absolute atomic E-state index is 0.156. The molecule has 5 heteroatoms. The fourth-order valence-electron chi connectivity index (χ4n) is 4.76. The van der Waals surface area contributed by atoms with Gasteiger partial charge in [0.2, 0.25) is 17.7 Å². The van der Waals surface area contributed by atoms with E-state index in [1.807, 2.05) is 32.0 Å². The van der Waals surface area contributed by atoms with Crippen molar-refractivity contribution in [3.05, 3.63) is 42.5 Å². The summed E-state index contributed by atoms with van der Waals surface area (Å²) in [7, 11) is 0. The zero-order chi connectivity index (χ0) is 18.4. The number of anilines is 1. The number of imide groups is 1. The molecule has 3 amide bonds. The number of carbonyl (C=O) groups excluding carboxylic acids is 3. The quantitative estimate of drug-likeness (QED) is 0.654. The van der Waals surface area contributed by atoms with Crippen molar-refractivity contribution < 1.29 is 14.4 Å². The molecular weight excluding hydrogens is 328 g/mol. The Labute approximate surface area is 153 Å². The van der Waals surface area contributed by atoms with Crippen LogP contribution in [0.1, 0.15) is 26.7 Å². The molecule has 0 unspecified atom stereocenters. The van der Waals surface area contributed by atoms with Gasteiger partial charge in [0.1, 0.15) is 6.04 Å². The summed E-state index contributed by atoms with van der Waals surface area (Å²) in [5.74, 6) is -0.638. The number of carbonyl (C=O) groups is 3. The van der Waals surface area contributed by atoms with Gasteiger partial charge < -0.3 is 5.32 Å². The normalized spacial score (nSPS) is 30.2. The van der Waals surface area contributed by atoms with Crippen molar-refractivity contribution in [2.75, 3.05) is 5.32 Å². The maximum Gasteiger partial charge on any atom is 0.247 e. The molecule has 5 atom stereocenters. The van der Waals surface area contributed by atoms with Crippen molar-refractivity contribution >= 4 is 23.4 Å². The summed E-state index contributed by atoms with van der Waals surface area (Å²) < 4.78 is 0. The number of nitrogens with one attached hydrogen (secondary N) is 1. The Kier molecular flexibility index (Phi) is 4.17. The molecule has 0 radical (unpaired) electrons. The Bertz CT molecular complexity index is 741. The third kappa shape index (κ3) is 2.66. The van der Waals surface area contributed by atoms with Crippen molar-refractivity contribution in [1.29, 1.82) is 0 Å². The molecule has 2 bridgehead atoms. The average molecular weight is 352 g/mol. The van der Waals surface area contributed by atoms with Crippen LogP contribution in [0.15, 0.2) is 42.5 Å². The second-order valence-corrected chi connectivity index (χ2v) is 8.05. The zero-order valence-electron chi connectivity index (χ0n) is 15.1. The molecule has 1 heterocycles. The molecule has 1 aliphatic heterocycles. The lowest BCUT2D eigenvalue weighted by atomic mass is 9.85. The standard InChI is InChI=1S/C21H24N2O3/c1-12(2)10-16(19(24)22-15-6-4-3-5-7-15)23-20(25)17-13-8-9-14(11-13)18(17)21(23)26/h3-9,12-14,16-18H,10-11H2,1-2H3,(H,22,24)/t13-,14-,16+,17-,18+/m0/s1. The molecule has 1 saturated carbocycles. The van der Waals surface area contributed by atoms with Gasteiger partial charge in [-0.3, -0.25) is 19.3 Å². The topological polar surface area (TPSA) is 66.5 Å². The monoisotopic (exact) mass is 352 g/mol. The molecule has 5 nitrogen and oxygen atoms in total. The number of fused-ring (bicyclic) bond motifs is 5. The Morgan fingerprint density at radius 2 is 1.65 bits per heavy atom. The fraction of sp³-hybridized carbons (Fsp3) is 0.476. The van der Waals surface area contributed by atoms with Gasteiger partial charge in [-0.25, -0.2) is 0 Å². The highest BCUT2D eigenvalue weighted by molar-refractivity contribution is 6.10. The first kappa shape index (κ1) is 17.0. The summed E-state index contributed by atoms with van der Waals surface area (Å²) in [6, 6.07) is 8.41. The van der Waals surface area contributed by atoms with Crippen LogP contribution in [0.4, 0.5) is 5.69 Å². The smallest absolute Gasteiger partial charge is 0.247 e. The first-order chi connectivity index (χ1) is 12.5. The minimum atomic E-state index is -0.750. The van der Waals surface area contributed by atoms with E-state index in [-0.39, 0.29) is 47.3 Å². The van der Waals surface area contributed by atoms with Crippen LogP contribution in [0, 0.1) is 29.6 Å². The molecule has 2 aliphatic carbocycles. The van der Waals surface area contributed by atoms with E-state index in [0.29, 0.717) is 12.1 Å². The Balaban J connectivity index is 1.60. The molecule has 1 saturated heterocycles. The molecule has 0 spiro atoms. The predicted molar refractivity (Wildman–Crippen MR) is 97.9 cm³/mol. The van der Waals surface area contributed by atoms with Crippen LogP contribution in [0.3, 0.4) is 0 Å². The highest BCUT2D eigenvalue weighted by atomic mass is 16.2. The summed E-state index contributed by atoms with van der Waals surface area (Å²) in [6.07, 6.45) is 5.51. The number of rotatable bonds is 5. The van der Waals surface area contributed by atoms with Gasteiger partial charge in [0.25, 0.3) is 0 Å². The van der Waals surface area contributed by atoms with Gasteiger partial charge in [-0.05, 0) is 42.7 Å². The summed E-state index contributed by atoms with van der Waals surface area (Å²) in [4.78, 5) is 40.3. The van der Waals surface area contributed by atoms with E-state index in [4.69, 9.17) is 0 Å². The lowest BCUT2D eigenvalue weighted by molar-refractivity contribution is -0.147. The minimum Gasteiger partial charge on any atom is -0.324 e. The molecule has 1 aromatic carbocycles. The van der Waals surface area contributed by atoms with E-state index >= 15 is 0 Å². The van der Waals surface area contributed by atoms with E-state index in [9.17, 15) is 14.4 Å². The van der Waals surface area contributed by atoms with Gasteiger partial charge >= 0.3 is 0 Å². The second kappa shape index (κ2) is 6.38. The van der Waals surface area contributed by atoms with E-state index in [1.165, 1.54) is 4.90 Å². The summed E-state index contributed by atoms with van der Waals surface area (Å²) in [6.45, 7) is 4.00. The van der Waals surface area contributed by atoms with Crippen LogP contribution < -0.4 is 5.32 Å². The van der Waals surface area contributed by atoms with Crippen molar-refractivity contribution in [2.45, 2.75) is 32.7 Å². The summed E-state index contributed by atoms with van der Waals surface area (Å²) in [5.41, 5.74) is 0.673. The maximum atomic E-state index is 13.1. The second-order valence-electron chi connectivity index (χ2n) is 8.05. The first-order valence-corrected chi connectivity index (χ1v) is 9.38. The van der Waals surface area contributed by atoms with Crippen LogP contribution >= 0.6 is 0 Å². The lowest BCUT2D eigenvalue weighted by Gasteiger charge is -2.28. The van der Waals surface area contributed by atoms with Crippen LogP contribution in [-0.4, -0.2) is 28.7 Å². The Morgan fingerprint density at radius 1 is 1.08 bits per heavy atom. The van der Waals surface area contributed by atoms with Crippen LogP contribution in [0.2, 0.25) is 0 Å². The number of hydrogen-bond donors (Lipinski definition) is 1. The number of likely N-dealkylation sites (tertiary alicyclic amines) is 1. The molecule has 4 rings (SSSR count). The Hall–Kier alpha value is -2.43. The Morgan fingerprint density at radius 3 is 2.19 bits per heavy atom. The zero-order valence-corrected chi connectivity index (χ0v) is 15.1. The highest BCUT2D eigenvalue weighted by Crippen LogP contribution is 2.53. The van der Waals surface area contributed by atoms with Crippen molar-refractivity contribution in [3.63, 3.8) is 0 Å². The van der Waals surface area contributed by atoms with Gasteiger partial charge in [0.05, 0.1) is 11.8 Å². The maximum absolute atomic E-state index is 13.1. The number of para-hydroxylation sites is 1. The third-order valence-electron chi connectivity index (χ3n) is 5.85. The van der Waals surface area contributed by atoms with Crippen molar-refractivity contribution in [3.8, 4) is 0 Å². The molecule has 26 heavy (non-hydrogen) atoms. The van der Waals surface area contributed by atoms with Gasteiger partial charge in [-0.1, -0.05) is 44.2 Å². The van der Waals surface area contributed by atoms with Crippen LogP contribution in [0.25, 0.3) is 0 Å². The molecule has 3 aliphatic rings. The number of hydrogen-bond acceptors (Lipinski definition) is 3. The van der Waals surface area contributed by atoms with Gasteiger partial charge in [-0.15, -0.1) is 0 Å². The summed E-state index contributed by atoms with van der Waals surface area (Å²) in [5, 5.41) is 2.87. The largest absolute Gasteiger partial charge is 0.324 e. The number of allylic oxidation sites excluding steroid dienone is 2. The molecule has 0 aromatic heterocycles. The van der Waals surface area contributed by atoms with E-state index < -0.39 is 6.04 Å². The van der Waals surface area contributed by atoms with Crippen molar-refractivity contribution in [2.24, 2.45) is 29.6 Å². The van der Waals surface area contributed by atoms with Gasteiger partial charge in [-0.2, -0.15) is 0 Å². The van der Waals surface area contributed by atoms with Crippen molar-refractivity contribution in [1.82, 2.24) is 4.90 Å². The fourth-order valence-corrected chi connectivity index (χ4v) is 4.76. The van der Waals surface area contributed by atoms with Gasteiger partial charge in [0, 0.05) is 5.69 Å². The SMILES string of the molecule is CC(C)C[C@H](C(=O)Nc1ccccc1)N1C(=O)[C@@H]2[C@H](C1=O)[C@H]1C=C[C@H]2C1. The predicted octanol–water partition coefficient (Wildman–Crippen LogP) is 2.85. The lowest BCUT2D eigenvalue weighted by Crippen LogP contribution is -2.49. The molecule has 1 aromatic rings.